The number of nitrogens with one attached hydrogen (secondary N) is 1. The zero-order valence-electron chi connectivity index (χ0n) is 21.2. The lowest BCUT2D eigenvalue weighted by Crippen LogP contribution is -2.46. The number of pyridine rings is 1. The molecule has 4 rings (SSSR count). The Labute approximate surface area is 212 Å². The molecule has 1 saturated heterocycles. The van der Waals surface area contributed by atoms with E-state index in [1.54, 1.807) is 33.1 Å². The monoisotopic (exact) mass is 511 g/mol. The number of fused-ring (bicyclic) bond motifs is 1. The average molecular weight is 512 g/mol. The van der Waals surface area contributed by atoms with E-state index >= 15 is 0 Å². The van der Waals surface area contributed by atoms with Crippen molar-refractivity contribution in [1.82, 2.24) is 9.29 Å². The number of hydrogen-bond donors (Lipinski definition) is 1. The number of anilines is 1. The SMILES string of the molecule is COc1cc(C)c(S(=O)(=O)N2CCCCC2COCC(=O)Nc2cc(C)nc3ccccc23)c(C)c1. The van der Waals surface area contributed by atoms with Crippen molar-refractivity contribution in [3.05, 3.63) is 59.3 Å². The summed E-state index contributed by atoms with van der Waals surface area (Å²) in [5.41, 5.74) is 3.59. The number of benzene rings is 2. The highest BCUT2D eigenvalue weighted by atomic mass is 32.2. The highest BCUT2D eigenvalue weighted by molar-refractivity contribution is 7.89. The smallest absolute Gasteiger partial charge is 0.250 e. The molecule has 192 valence electrons. The lowest BCUT2D eigenvalue weighted by atomic mass is 10.1. The summed E-state index contributed by atoms with van der Waals surface area (Å²) in [5, 5.41) is 3.76. The highest BCUT2D eigenvalue weighted by Gasteiger charge is 2.35. The van der Waals surface area contributed by atoms with E-state index in [9.17, 15) is 13.2 Å². The Morgan fingerprint density at radius 1 is 1.11 bits per heavy atom. The number of methoxy groups -OCH3 is 1. The van der Waals surface area contributed by atoms with E-state index in [1.807, 2.05) is 37.3 Å². The second-order valence-electron chi connectivity index (χ2n) is 9.25. The number of nitrogens with zero attached hydrogens (tertiary/aromatic N) is 2. The molecule has 1 unspecified atom stereocenters. The molecule has 0 aliphatic carbocycles. The van der Waals surface area contributed by atoms with Gasteiger partial charge >= 0.3 is 0 Å². The predicted octanol–water partition coefficient (Wildman–Crippen LogP) is 4.37. The molecule has 8 nitrogen and oxygen atoms in total. The van der Waals surface area contributed by atoms with Crippen LogP contribution in [0.5, 0.6) is 5.75 Å². The molecule has 3 aromatic rings. The molecule has 0 spiro atoms. The first-order chi connectivity index (χ1) is 17.2. The molecule has 1 aliphatic heterocycles. The number of amides is 1. The van der Waals surface area contributed by atoms with Crippen LogP contribution in [0.25, 0.3) is 10.9 Å². The fourth-order valence-electron chi connectivity index (χ4n) is 4.89. The van der Waals surface area contributed by atoms with E-state index in [-0.39, 0.29) is 25.2 Å². The minimum Gasteiger partial charge on any atom is -0.497 e. The predicted molar refractivity (Wildman–Crippen MR) is 140 cm³/mol. The molecule has 1 N–H and O–H groups in total. The van der Waals surface area contributed by atoms with Crippen molar-refractivity contribution in [3.8, 4) is 5.75 Å². The zero-order chi connectivity index (χ0) is 25.9. The van der Waals surface area contributed by atoms with Crippen molar-refractivity contribution in [2.75, 3.05) is 32.2 Å². The molecular formula is C27H33N3O5S. The van der Waals surface area contributed by atoms with Crippen LogP contribution >= 0.6 is 0 Å². The largest absolute Gasteiger partial charge is 0.497 e. The molecular weight excluding hydrogens is 478 g/mol. The fraction of sp³-hybridized carbons (Fsp3) is 0.407. The van der Waals surface area contributed by atoms with Gasteiger partial charge in [0.2, 0.25) is 15.9 Å². The Kier molecular flexibility index (Phi) is 7.92. The number of rotatable bonds is 8. The Balaban J connectivity index is 1.44. The van der Waals surface area contributed by atoms with Crippen molar-refractivity contribution < 1.29 is 22.7 Å². The second kappa shape index (κ2) is 10.9. The van der Waals surface area contributed by atoms with Crippen molar-refractivity contribution in [1.29, 1.82) is 0 Å². The number of carbonyl (C=O) groups excluding carboxylic acids is 1. The van der Waals surface area contributed by atoms with Crippen LogP contribution in [0.15, 0.2) is 47.4 Å². The van der Waals surface area contributed by atoms with Crippen molar-refractivity contribution in [2.45, 2.75) is 51.0 Å². The summed E-state index contributed by atoms with van der Waals surface area (Å²) in [7, 11) is -2.17. The standard InChI is InChI=1S/C27H33N3O5S/c1-18-13-22(34-4)14-19(2)27(18)36(32,33)30-12-8-7-9-21(30)16-35-17-26(31)29-25-15-20(3)28-24-11-6-5-10-23(24)25/h5-6,10-11,13-15,21H,7-9,12,16-17H2,1-4H3,(H,28,29,31). The number of carbonyl (C=O) groups is 1. The van der Waals surface area contributed by atoms with E-state index in [0.717, 1.165) is 29.4 Å². The Hall–Kier alpha value is -3.01. The molecule has 1 atom stereocenters. The van der Waals surface area contributed by atoms with Gasteiger partial charge in [-0.05, 0) is 69.0 Å². The highest BCUT2D eigenvalue weighted by Crippen LogP contribution is 2.32. The molecule has 2 aromatic carbocycles. The first-order valence-electron chi connectivity index (χ1n) is 12.1. The summed E-state index contributed by atoms with van der Waals surface area (Å²) >= 11 is 0. The van der Waals surface area contributed by atoms with Gasteiger partial charge in [0, 0.05) is 23.7 Å². The molecule has 0 saturated carbocycles. The van der Waals surface area contributed by atoms with Crippen molar-refractivity contribution >= 4 is 32.5 Å². The van der Waals surface area contributed by atoms with Gasteiger partial charge in [0.05, 0.1) is 29.8 Å². The number of para-hydroxylation sites is 1. The normalized spacial score (nSPS) is 16.7. The number of ether oxygens (including phenoxy) is 2. The molecule has 1 amide bonds. The van der Waals surface area contributed by atoms with Crippen molar-refractivity contribution in [2.24, 2.45) is 0 Å². The molecule has 1 fully saturated rings. The van der Waals surface area contributed by atoms with Gasteiger partial charge in [-0.15, -0.1) is 0 Å². The third kappa shape index (κ3) is 5.53. The molecule has 2 heterocycles. The van der Waals surface area contributed by atoms with Gasteiger partial charge in [-0.25, -0.2) is 8.42 Å². The second-order valence-corrected chi connectivity index (χ2v) is 11.1. The van der Waals surface area contributed by atoms with Crippen LogP contribution in [0.4, 0.5) is 5.69 Å². The van der Waals surface area contributed by atoms with Crippen LogP contribution in [0, 0.1) is 20.8 Å². The summed E-state index contributed by atoms with van der Waals surface area (Å²) in [6, 6.07) is 12.6. The van der Waals surface area contributed by atoms with E-state index in [1.165, 1.54) is 4.31 Å². The van der Waals surface area contributed by atoms with E-state index in [0.29, 0.717) is 40.4 Å². The van der Waals surface area contributed by atoms with Crippen LogP contribution in [0.2, 0.25) is 0 Å². The van der Waals surface area contributed by atoms with Gasteiger partial charge in [0.15, 0.2) is 0 Å². The van der Waals surface area contributed by atoms with Gasteiger partial charge in [0.1, 0.15) is 12.4 Å². The molecule has 0 bridgehead atoms. The average Bonchev–Trinajstić information content (AvgIpc) is 2.83. The van der Waals surface area contributed by atoms with Crippen LogP contribution in [0.3, 0.4) is 0 Å². The van der Waals surface area contributed by atoms with Gasteiger partial charge < -0.3 is 14.8 Å². The van der Waals surface area contributed by atoms with Crippen LogP contribution in [0.1, 0.15) is 36.1 Å². The number of aromatic nitrogens is 1. The molecule has 1 aliphatic rings. The Bertz CT molecular complexity index is 1350. The van der Waals surface area contributed by atoms with E-state index < -0.39 is 10.0 Å². The van der Waals surface area contributed by atoms with E-state index in [2.05, 4.69) is 10.3 Å². The first kappa shape index (κ1) is 26.1. The maximum absolute atomic E-state index is 13.7. The van der Waals surface area contributed by atoms with Gasteiger partial charge in [-0.3, -0.25) is 9.78 Å². The first-order valence-corrected chi connectivity index (χ1v) is 13.6. The fourth-order valence-corrected chi connectivity index (χ4v) is 6.99. The van der Waals surface area contributed by atoms with Crippen molar-refractivity contribution in [3.63, 3.8) is 0 Å². The molecule has 1 aromatic heterocycles. The van der Waals surface area contributed by atoms with E-state index in [4.69, 9.17) is 9.47 Å². The van der Waals surface area contributed by atoms with Gasteiger partial charge in [-0.2, -0.15) is 4.31 Å². The maximum atomic E-state index is 13.7. The summed E-state index contributed by atoms with van der Waals surface area (Å²) in [5.74, 6) is 0.337. The molecule has 36 heavy (non-hydrogen) atoms. The van der Waals surface area contributed by atoms with Crippen LogP contribution < -0.4 is 10.1 Å². The lowest BCUT2D eigenvalue weighted by molar-refractivity contribution is -0.121. The lowest BCUT2D eigenvalue weighted by Gasteiger charge is -2.35. The molecule has 9 heteroatoms. The number of sulfonamides is 1. The number of piperidine rings is 1. The summed E-state index contributed by atoms with van der Waals surface area (Å²) in [6.07, 6.45) is 2.39. The number of aryl methyl sites for hydroxylation is 3. The third-order valence-corrected chi connectivity index (χ3v) is 8.73. The summed E-state index contributed by atoms with van der Waals surface area (Å²) in [6.45, 7) is 5.86. The van der Waals surface area contributed by atoms with Gasteiger partial charge in [0.25, 0.3) is 0 Å². The Morgan fingerprint density at radius 3 is 2.56 bits per heavy atom. The van der Waals surface area contributed by atoms with Gasteiger partial charge in [-0.1, -0.05) is 24.6 Å². The minimum atomic E-state index is -3.74. The zero-order valence-corrected chi connectivity index (χ0v) is 22.0. The van der Waals surface area contributed by atoms with Crippen LogP contribution in [-0.4, -0.2) is 56.5 Å². The quantitative estimate of drug-likeness (QED) is 0.482. The Morgan fingerprint density at radius 2 is 1.83 bits per heavy atom. The summed E-state index contributed by atoms with van der Waals surface area (Å²) < 4.78 is 39.9. The number of hydrogen-bond acceptors (Lipinski definition) is 6. The minimum absolute atomic E-state index is 0.150. The summed E-state index contributed by atoms with van der Waals surface area (Å²) in [4.78, 5) is 17.5. The maximum Gasteiger partial charge on any atom is 0.250 e. The molecule has 0 radical (unpaired) electrons. The van der Waals surface area contributed by atoms with Crippen LogP contribution in [-0.2, 0) is 19.6 Å². The topological polar surface area (TPSA) is 97.8 Å². The third-order valence-electron chi connectivity index (χ3n) is 6.47.